The maximum atomic E-state index is 12.9. The molecular weight excluding hydrogens is 287 g/mol. The zero-order valence-corrected chi connectivity index (χ0v) is 10.9. The second kappa shape index (κ2) is 4.71. The van der Waals surface area contributed by atoms with Crippen molar-refractivity contribution in [3.8, 4) is 0 Å². The highest BCUT2D eigenvalue weighted by molar-refractivity contribution is 6.02. The topological polar surface area (TPSA) is 53.5 Å². The molecule has 0 radical (unpaired) electrons. The molecule has 1 aromatic heterocycles. The lowest BCUT2D eigenvalue weighted by Crippen LogP contribution is -2.34. The summed E-state index contributed by atoms with van der Waals surface area (Å²) in [5.41, 5.74) is -1.24. The number of amides is 3. The lowest BCUT2D eigenvalue weighted by atomic mass is 10.2. The average molecular weight is 299 g/mol. The Morgan fingerprint density at radius 3 is 2.62 bits per heavy atom. The third-order valence-electron chi connectivity index (χ3n) is 3.57. The Balaban J connectivity index is 1.84. The first-order chi connectivity index (χ1) is 9.88. The van der Waals surface area contributed by atoms with Crippen LogP contribution in [-0.4, -0.2) is 39.3 Å². The Hall–Kier alpha value is -2.12. The molecule has 1 aliphatic heterocycles. The van der Waals surface area contributed by atoms with E-state index in [9.17, 15) is 22.8 Å². The Labute approximate surface area is 118 Å². The number of hydrogen-bond donors (Lipinski definition) is 0. The minimum Gasteiger partial charge on any atom is -0.312 e. The van der Waals surface area contributed by atoms with Gasteiger partial charge in [0, 0.05) is 12.2 Å². The van der Waals surface area contributed by atoms with Crippen LogP contribution in [0.25, 0.3) is 0 Å². The number of nitrogens with zero attached hydrogens (tertiary/aromatic N) is 3. The van der Waals surface area contributed by atoms with E-state index in [0.29, 0.717) is 0 Å². The van der Waals surface area contributed by atoms with Gasteiger partial charge >= 0.3 is 12.2 Å². The summed E-state index contributed by atoms with van der Waals surface area (Å²) in [4.78, 5) is 29.9. The molecule has 0 unspecified atom stereocenters. The van der Waals surface area contributed by atoms with Crippen molar-refractivity contribution in [2.24, 2.45) is 0 Å². The highest BCUT2D eigenvalue weighted by Crippen LogP contribution is 2.33. The molecule has 1 saturated carbocycles. The minimum absolute atomic E-state index is 0.0530. The fraction of sp³-hybridized carbons (Fsp3) is 0.462. The number of aromatic nitrogens is 1. The van der Waals surface area contributed by atoms with Gasteiger partial charge < -0.3 is 4.90 Å². The van der Waals surface area contributed by atoms with Crippen molar-refractivity contribution < 1.29 is 22.8 Å². The van der Waals surface area contributed by atoms with E-state index in [1.807, 2.05) is 0 Å². The van der Waals surface area contributed by atoms with Crippen LogP contribution < -0.4 is 0 Å². The maximum Gasteiger partial charge on any atom is 0.418 e. The molecule has 2 aliphatic rings. The van der Waals surface area contributed by atoms with Crippen molar-refractivity contribution in [1.82, 2.24) is 14.8 Å². The molecule has 0 N–H and O–H groups in total. The lowest BCUT2D eigenvalue weighted by molar-refractivity contribution is -0.139. The van der Waals surface area contributed by atoms with Crippen molar-refractivity contribution in [2.75, 3.05) is 6.54 Å². The molecule has 2 fully saturated rings. The third kappa shape index (κ3) is 2.57. The van der Waals surface area contributed by atoms with Crippen molar-refractivity contribution in [3.63, 3.8) is 0 Å². The number of pyridine rings is 1. The molecule has 0 atom stereocenters. The summed E-state index contributed by atoms with van der Waals surface area (Å²) in [6, 6.07) is 1.60. The van der Waals surface area contributed by atoms with Crippen LogP contribution in [0.3, 0.4) is 0 Å². The molecule has 1 aliphatic carbocycles. The molecule has 5 nitrogen and oxygen atoms in total. The van der Waals surface area contributed by atoms with Gasteiger partial charge in [0.2, 0.25) is 0 Å². The van der Waals surface area contributed by atoms with Crippen molar-refractivity contribution in [1.29, 1.82) is 0 Å². The average Bonchev–Trinajstić information content (AvgIpc) is 3.21. The van der Waals surface area contributed by atoms with E-state index in [1.54, 1.807) is 0 Å². The first-order valence-corrected chi connectivity index (χ1v) is 6.50. The molecular formula is C13H12F3N3O2. The quantitative estimate of drug-likeness (QED) is 0.802. The van der Waals surface area contributed by atoms with Crippen LogP contribution in [0.4, 0.5) is 18.0 Å². The van der Waals surface area contributed by atoms with Gasteiger partial charge in [-0.3, -0.25) is 14.7 Å². The van der Waals surface area contributed by atoms with Gasteiger partial charge in [-0.05, 0) is 25.0 Å². The first-order valence-electron chi connectivity index (χ1n) is 6.50. The van der Waals surface area contributed by atoms with Crippen LogP contribution in [-0.2, 0) is 17.5 Å². The summed E-state index contributed by atoms with van der Waals surface area (Å²) in [6.07, 6.45) is -1.67. The summed E-state index contributed by atoms with van der Waals surface area (Å²) < 4.78 is 38.7. The fourth-order valence-electron chi connectivity index (χ4n) is 2.36. The van der Waals surface area contributed by atoms with Gasteiger partial charge in [-0.25, -0.2) is 4.79 Å². The number of urea groups is 1. The van der Waals surface area contributed by atoms with Gasteiger partial charge in [-0.1, -0.05) is 0 Å². The molecule has 112 valence electrons. The normalized spacial score (nSPS) is 19.6. The Morgan fingerprint density at radius 1 is 1.29 bits per heavy atom. The molecule has 3 rings (SSSR count). The molecule has 1 saturated heterocycles. The van der Waals surface area contributed by atoms with Crippen LogP contribution in [0.1, 0.15) is 24.1 Å². The van der Waals surface area contributed by atoms with Crippen LogP contribution in [0.2, 0.25) is 0 Å². The molecule has 0 bridgehead atoms. The van der Waals surface area contributed by atoms with Gasteiger partial charge in [0.1, 0.15) is 6.54 Å². The predicted molar refractivity (Wildman–Crippen MR) is 64.9 cm³/mol. The molecule has 1 aromatic rings. The van der Waals surface area contributed by atoms with Gasteiger partial charge in [0.15, 0.2) is 0 Å². The van der Waals surface area contributed by atoms with E-state index in [2.05, 4.69) is 4.98 Å². The van der Waals surface area contributed by atoms with E-state index < -0.39 is 30.2 Å². The van der Waals surface area contributed by atoms with Gasteiger partial charge in [-0.15, -0.1) is 0 Å². The molecule has 8 heteroatoms. The van der Waals surface area contributed by atoms with Crippen LogP contribution in [0.5, 0.6) is 0 Å². The molecule has 3 amide bonds. The summed E-state index contributed by atoms with van der Waals surface area (Å²) in [7, 11) is 0. The van der Waals surface area contributed by atoms with E-state index in [1.165, 1.54) is 17.2 Å². The van der Waals surface area contributed by atoms with Gasteiger partial charge in [0.25, 0.3) is 5.91 Å². The van der Waals surface area contributed by atoms with Gasteiger partial charge in [-0.2, -0.15) is 13.2 Å². The second-order valence-electron chi connectivity index (χ2n) is 5.12. The number of imide groups is 1. The molecule has 2 heterocycles. The Morgan fingerprint density at radius 2 is 2.00 bits per heavy atom. The number of halogens is 3. The standard InChI is InChI=1S/C13H12F3N3O2/c14-13(15,16)9-2-1-5-17-10(9)6-19-11(20)7-18(12(19)21)8-3-4-8/h1-2,5,8H,3-4,6-7H2. The molecule has 21 heavy (non-hydrogen) atoms. The Bertz CT molecular complexity index is 599. The first kappa shape index (κ1) is 13.8. The van der Waals surface area contributed by atoms with Crippen LogP contribution in [0.15, 0.2) is 18.3 Å². The largest absolute Gasteiger partial charge is 0.418 e. The zero-order chi connectivity index (χ0) is 15.2. The highest BCUT2D eigenvalue weighted by Gasteiger charge is 2.44. The smallest absolute Gasteiger partial charge is 0.312 e. The predicted octanol–water partition coefficient (Wildman–Crippen LogP) is 2.03. The number of hydrogen-bond acceptors (Lipinski definition) is 3. The minimum atomic E-state index is -4.56. The SMILES string of the molecule is O=C1CN(C2CC2)C(=O)N1Cc1ncccc1C(F)(F)F. The van der Waals surface area contributed by atoms with Crippen LogP contribution >= 0.6 is 0 Å². The molecule has 0 aromatic carbocycles. The number of alkyl halides is 3. The maximum absolute atomic E-state index is 12.9. The van der Waals surface area contributed by atoms with Gasteiger partial charge in [0.05, 0.1) is 17.8 Å². The fourth-order valence-corrected chi connectivity index (χ4v) is 2.36. The second-order valence-corrected chi connectivity index (χ2v) is 5.12. The number of carbonyl (C=O) groups is 2. The van der Waals surface area contributed by atoms with E-state index in [-0.39, 0.29) is 18.3 Å². The summed E-state index contributed by atoms with van der Waals surface area (Å²) in [5.74, 6) is -0.481. The monoisotopic (exact) mass is 299 g/mol. The van der Waals surface area contributed by atoms with Crippen molar-refractivity contribution >= 4 is 11.9 Å². The van der Waals surface area contributed by atoms with E-state index in [4.69, 9.17) is 0 Å². The van der Waals surface area contributed by atoms with E-state index >= 15 is 0 Å². The lowest BCUT2D eigenvalue weighted by Gasteiger charge is -2.18. The number of rotatable bonds is 3. The van der Waals surface area contributed by atoms with Crippen molar-refractivity contribution in [3.05, 3.63) is 29.6 Å². The summed E-state index contributed by atoms with van der Waals surface area (Å²) in [6.45, 7) is -0.506. The molecule has 0 spiro atoms. The zero-order valence-electron chi connectivity index (χ0n) is 10.9. The summed E-state index contributed by atoms with van der Waals surface area (Å²) >= 11 is 0. The number of carbonyl (C=O) groups excluding carboxylic acids is 2. The van der Waals surface area contributed by atoms with Crippen molar-refractivity contribution in [2.45, 2.75) is 31.6 Å². The highest BCUT2D eigenvalue weighted by atomic mass is 19.4. The van der Waals surface area contributed by atoms with Crippen LogP contribution in [0, 0.1) is 0 Å². The Kier molecular flexibility index (Phi) is 3.11. The van der Waals surface area contributed by atoms with E-state index in [0.717, 1.165) is 23.8 Å². The summed E-state index contributed by atoms with van der Waals surface area (Å²) in [5, 5.41) is 0. The third-order valence-corrected chi connectivity index (χ3v) is 3.57.